The van der Waals surface area contributed by atoms with Crippen LogP contribution in [0.1, 0.15) is 31.8 Å². The maximum absolute atomic E-state index is 11.5. The average Bonchev–Trinajstić information content (AvgIpc) is 3.26. The highest BCUT2D eigenvalue weighted by atomic mass is 17.1. The fourth-order valence-corrected chi connectivity index (χ4v) is 6.02. The molecule has 0 aliphatic carbocycles. The van der Waals surface area contributed by atoms with E-state index in [-0.39, 0.29) is 47.9 Å². The number of nitrogens with zero attached hydrogens (tertiary/aromatic N) is 8. The molecule has 0 bridgehead atoms. The van der Waals surface area contributed by atoms with Crippen LogP contribution in [0.3, 0.4) is 0 Å². The number of hydrogen-bond donors (Lipinski definition) is 8. The zero-order valence-electron chi connectivity index (χ0n) is 32.9. The van der Waals surface area contributed by atoms with Crippen LogP contribution in [-0.4, -0.2) is 106 Å². The number of hydrogen-bond acceptors (Lipinski definition) is 20. The van der Waals surface area contributed by atoms with Crippen LogP contribution in [0.4, 0.5) is 52.0 Å². The fraction of sp³-hybridized carbons (Fsp3) is 0.256. The maximum Gasteiger partial charge on any atom is 0.335 e. The van der Waals surface area contributed by atoms with E-state index in [0.29, 0.717) is 57.6 Å². The molecule has 1 aromatic heterocycles. The number of carboxylic acids is 2. The van der Waals surface area contributed by atoms with Gasteiger partial charge in [0.2, 0.25) is 17.8 Å². The third-order valence-electron chi connectivity index (χ3n) is 8.89. The average molecular weight is 839 g/mol. The number of benzene rings is 4. The predicted molar refractivity (Wildman–Crippen MR) is 220 cm³/mol. The summed E-state index contributed by atoms with van der Waals surface area (Å²) in [5.41, 5.74) is 2.91. The van der Waals surface area contributed by atoms with E-state index in [2.05, 4.69) is 71.4 Å². The van der Waals surface area contributed by atoms with Gasteiger partial charge in [-0.3, -0.25) is 15.4 Å². The van der Waals surface area contributed by atoms with Gasteiger partial charge in [0, 0.05) is 51.4 Å². The van der Waals surface area contributed by atoms with Crippen molar-refractivity contribution in [3.63, 3.8) is 0 Å². The van der Waals surface area contributed by atoms with E-state index in [1.165, 1.54) is 26.4 Å². The second kappa shape index (κ2) is 21.2. The van der Waals surface area contributed by atoms with Gasteiger partial charge in [0.05, 0.1) is 59.5 Å². The highest BCUT2D eigenvalue weighted by Gasteiger charge is 2.16. The number of azo groups is 2. The van der Waals surface area contributed by atoms with E-state index in [0.717, 1.165) is 38.8 Å². The number of anilines is 5. The van der Waals surface area contributed by atoms with Gasteiger partial charge in [-0.15, -0.1) is 0 Å². The van der Waals surface area contributed by atoms with Crippen LogP contribution in [0, 0.1) is 0 Å². The van der Waals surface area contributed by atoms with Crippen LogP contribution in [-0.2, 0) is 23.0 Å². The first kappa shape index (κ1) is 43.4. The quantitative estimate of drug-likeness (QED) is 0.0225. The SMILES string of the molecule is COc1cc(N=Nc2cc(COO)cc(COO)c2)ccc1Nc1nc(NCCN2CCNCC2)nc(Nc2ccc(N=Nc3cc(C(=O)O)cc(C(=O)O)c3)cc2OC)n1. The minimum atomic E-state index is -1.30. The van der Waals surface area contributed by atoms with Crippen LogP contribution < -0.4 is 30.7 Å². The summed E-state index contributed by atoms with van der Waals surface area (Å²) in [5, 5.41) is 66.5. The molecule has 2 heterocycles. The molecule has 0 spiro atoms. The van der Waals surface area contributed by atoms with Crippen molar-refractivity contribution in [1.82, 2.24) is 25.2 Å². The Bertz CT molecular complexity index is 2340. The summed E-state index contributed by atoms with van der Waals surface area (Å²) in [4.78, 5) is 47.7. The topological polar surface area (TPSA) is 291 Å². The molecule has 1 saturated heterocycles. The zero-order chi connectivity index (χ0) is 43.1. The van der Waals surface area contributed by atoms with Gasteiger partial charge in [0.25, 0.3) is 0 Å². The molecule has 4 aromatic carbocycles. The van der Waals surface area contributed by atoms with Crippen LogP contribution >= 0.6 is 0 Å². The molecule has 1 fully saturated rings. The maximum atomic E-state index is 11.5. The van der Waals surface area contributed by atoms with E-state index in [4.69, 9.17) is 20.0 Å². The molecule has 1 aliphatic rings. The van der Waals surface area contributed by atoms with Gasteiger partial charge < -0.3 is 41.0 Å². The summed E-state index contributed by atoms with van der Waals surface area (Å²) in [6.45, 7) is 4.80. The number of methoxy groups -OCH3 is 2. The van der Waals surface area contributed by atoms with Crippen LogP contribution in [0.25, 0.3) is 0 Å². The Morgan fingerprint density at radius 1 is 0.656 bits per heavy atom. The summed E-state index contributed by atoms with van der Waals surface area (Å²) in [6, 6.07) is 18.4. The van der Waals surface area contributed by atoms with Crippen molar-refractivity contribution in [3.8, 4) is 11.5 Å². The number of piperazine rings is 1. The van der Waals surface area contributed by atoms with Gasteiger partial charge in [0.1, 0.15) is 24.7 Å². The second-order valence-electron chi connectivity index (χ2n) is 13.2. The number of ether oxygens (including phenoxy) is 2. The molecule has 1 aliphatic heterocycles. The molecule has 0 amide bonds. The summed E-state index contributed by atoms with van der Waals surface area (Å²) in [5.74, 6) is -1.25. The van der Waals surface area contributed by atoms with Crippen molar-refractivity contribution in [2.45, 2.75) is 13.2 Å². The van der Waals surface area contributed by atoms with Gasteiger partial charge in [-0.2, -0.15) is 35.4 Å². The number of aromatic carboxylic acids is 2. The summed E-state index contributed by atoms with van der Waals surface area (Å²) >= 11 is 0. The smallest absolute Gasteiger partial charge is 0.335 e. The van der Waals surface area contributed by atoms with Crippen molar-refractivity contribution in [3.05, 3.63) is 95.1 Å². The lowest BCUT2D eigenvalue weighted by atomic mass is 10.1. The van der Waals surface area contributed by atoms with Crippen molar-refractivity contribution < 1.29 is 49.6 Å². The number of rotatable bonds is 20. The summed E-state index contributed by atoms with van der Waals surface area (Å²) < 4.78 is 11.3. The van der Waals surface area contributed by atoms with Gasteiger partial charge in [0.15, 0.2) is 0 Å². The lowest BCUT2D eigenvalue weighted by Gasteiger charge is -2.27. The van der Waals surface area contributed by atoms with Crippen molar-refractivity contribution >= 4 is 63.9 Å². The molecule has 0 saturated carbocycles. The Labute approximate surface area is 347 Å². The zero-order valence-corrected chi connectivity index (χ0v) is 32.9. The van der Waals surface area contributed by atoms with Gasteiger partial charge >= 0.3 is 11.9 Å². The Morgan fingerprint density at radius 2 is 1.13 bits per heavy atom. The molecular weight excluding hydrogens is 797 g/mol. The molecule has 318 valence electrons. The standard InChI is InChI=1S/C39H42N12O10/c1-58-33-19-27(47-49-29-14-23(21-60-56)13-24(15-29)22-61-57)3-5-31(33)42-38-44-37(41-9-12-51-10-7-40-8-11-51)45-39(46-38)43-32-6-4-28(20-34(32)59-2)48-50-30-17-25(35(52)53)16-26(18-30)36(54)55/h3-6,13-20,40,56-57H,7-12,21-22H2,1-2H3,(H,52,53)(H,54,55)(H3,41,42,43,44,45,46). The Hall–Kier alpha value is -7.21. The second-order valence-corrected chi connectivity index (χ2v) is 13.2. The number of nitrogens with one attached hydrogen (secondary N) is 4. The molecule has 0 unspecified atom stereocenters. The van der Waals surface area contributed by atoms with Crippen LogP contribution in [0.2, 0.25) is 0 Å². The first-order chi connectivity index (χ1) is 29.6. The third-order valence-corrected chi connectivity index (χ3v) is 8.89. The lowest BCUT2D eigenvalue weighted by molar-refractivity contribution is -0.254. The Morgan fingerprint density at radius 3 is 1.61 bits per heavy atom. The summed E-state index contributed by atoms with van der Waals surface area (Å²) in [6.07, 6.45) is 0. The van der Waals surface area contributed by atoms with E-state index in [1.54, 1.807) is 54.6 Å². The highest BCUT2D eigenvalue weighted by Crippen LogP contribution is 2.35. The molecule has 0 radical (unpaired) electrons. The number of carboxylic acid groups (broad SMARTS) is 2. The van der Waals surface area contributed by atoms with Gasteiger partial charge in [-0.25, -0.2) is 19.4 Å². The molecular formula is C39H42N12O10. The minimum Gasteiger partial charge on any atom is -0.494 e. The largest absolute Gasteiger partial charge is 0.494 e. The molecule has 5 aromatic rings. The van der Waals surface area contributed by atoms with Crippen molar-refractivity contribution in [2.75, 3.05) is 69.4 Å². The third kappa shape index (κ3) is 12.4. The Balaban J connectivity index is 1.24. The van der Waals surface area contributed by atoms with Crippen LogP contribution in [0.5, 0.6) is 11.5 Å². The van der Waals surface area contributed by atoms with Crippen LogP contribution in [0.15, 0.2) is 93.3 Å². The van der Waals surface area contributed by atoms with E-state index >= 15 is 0 Å². The van der Waals surface area contributed by atoms with Gasteiger partial charge in [-0.05, 0) is 65.7 Å². The highest BCUT2D eigenvalue weighted by molar-refractivity contribution is 5.95. The van der Waals surface area contributed by atoms with Crippen molar-refractivity contribution in [2.24, 2.45) is 20.5 Å². The minimum absolute atomic E-state index is 0.0390. The molecule has 61 heavy (non-hydrogen) atoms. The Kier molecular flexibility index (Phi) is 15.0. The first-order valence-corrected chi connectivity index (χ1v) is 18.6. The lowest BCUT2D eigenvalue weighted by Crippen LogP contribution is -2.45. The molecule has 0 atom stereocenters. The normalized spacial score (nSPS) is 13.0. The predicted octanol–water partition coefficient (Wildman–Crippen LogP) is 6.90. The molecule has 6 rings (SSSR count). The fourth-order valence-electron chi connectivity index (χ4n) is 6.02. The molecule has 8 N–H and O–H groups in total. The first-order valence-electron chi connectivity index (χ1n) is 18.6. The van der Waals surface area contributed by atoms with Gasteiger partial charge in [-0.1, -0.05) is 6.07 Å². The molecule has 22 nitrogen and oxygen atoms in total. The monoisotopic (exact) mass is 838 g/mol. The number of carbonyl (C=O) groups is 2. The van der Waals surface area contributed by atoms with Crippen molar-refractivity contribution in [1.29, 1.82) is 0 Å². The summed E-state index contributed by atoms with van der Waals surface area (Å²) in [7, 11) is 2.96. The molecule has 22 heteroatoms. The number of aromatic nitrogens is 3. The van der Waals surface area contributed by atoms with E-state index in [9.17, 15) is 19.8 Å². The van der Waals surface area contributed by atoms with E-state index in [1.807, 2.05) is 0 Å². The van der Waals surface area contributed by atoms with E-state index < -0.39 is 11.9 Å².